The number of rotatable bonds is 7. The first-order valence-electron chi connectivity index (χ1n) is 11.8. The van der Waals surface area contributed by atoms with Crippen molar-refractivity contribution in [3.05, 3.63) is 84.9 Å². The highest BCUT2D eigenvalue weighted by Gasteiger charge is 2.72. The maximum absolute atomic E-state index is 14.4. The maximum atomic E-state index is 14.4. The second-order valence-corrected chi connectivity index (χ2v) is 11.9. The Labute approximate surface area is 217 Å². The number of phenols is 1. The lowest BCUT2D eigenvalue weighted by atomic mass is 9.84. The number of hydrogen-bond acceptors (Lipinski definition) is 5. The van der Waals surface area contributed by atoms with Gasteiger partial charge in [-0.1, -0.05) is 54.6 Å². The molecule has 0 aliphatic heterocycles. The smallest absolute Gasteiger partial charge is 0.442 e. The zero-order chi connectivity index (χ0) is 26.7. The fraction of sp³-hybridized carbons (Fsp3) is 0.333. The third-order valence-corrected chi connectivity index (χ3v) is 9.00. The number of halogens is 4. The topological polar surface area (TPSA) is 63.6 Å². The van der Waals surface area contributed by atoms with E-state index in [2.05, 4.69) is 52.7 Å². The number of hydrogen-bond donors (Lipinski definition) is 1. The van der Waals surface area contributed by atoms with Gasteiger partial charge in [0.05, 0.1) is 0 Å². The standard InChI is InChI=1S/C15H16F4O4S.C12H10S/c16-14(17,13-8-9-1-2-10(13)7-9)15(18,19)24(21,22)23-12-5-3-11(20)4-6-12;1-3-7-11(8-4-1)13-12-9-5-2-6-10-12/h3-6,9-10,13,20H,1-2,7-8H2;1-10H. The lowest BCUT2D eigenvalue weighted by molar-refractivity contribution is -0.202. The quantitative estimate of drug-likeness (QED) is 0.241. The van der Waals surface area contributed by atoms with Crippen LogP contribution >= 0.6 is 11.8 Å². The molecule has 1 N–H and O–H groups in total. The van der Waals surface area contributed by atoms with Gasteiger partial charge in [-0.15, -0.1) is 0 Å². The normalized spacial score (nSPS) is 21.2. The van der Waals surface area contributed by atoms with Gasteiger partial charge in [0.25, 0.3) is 0 Å². The summed E-state index contributed by atoms with van der Waals surface area (Å²) in [5.74, 6) is -7.82. The molecule has 0 aromatic heterocycles. The average Bonchev–Trinajstić information content (AvgIpc) is 3.51. The minimum absolute atomic E-state index is 0.0394. The molecule has 3 unspecified atom stereocenters. The summed E-state index contributed by atoms with van der Waals surface area (Å²) < 4.78 is 85.0. The number of phenolic OH excluding ortho intramolecular Hbond substituents is 1. The van der Waals surface area contributed by atoms with Crippen LogP contribution in [-0.2, 0) is 10.1 Å². The zero-order valence-corrected chi connectivity index (χ0v) is 21.3. The van der Waals surface area contributed by atoms with E-state index in [9.17, 15) is 26.0 Å². The van der Waals surface area contributed by atoms with E-state index in [-0.39, 0.29) is 18.1 Å². The van der Waals surface area contributed by atoms with Crippen LogP contribution in [-0.4, -0.2) is 24.7 Å². The molecule has 10 heteroatoms. The molecule has 198 valence electrons. The molecular formula is C27H26F4O4S2. The third kappa shape index (κ3) is 6.06. The van der Waals surface area contributed by atoms with Crippen molar-refractivity contribution in [3.8, 4) is 11.5 Å². The van der Waals surface area contributed by atoms with Crippen molar-refractivity contribution in [2.24, 2.45) is 17.8 Å². The molecule has 2 bridgehead atoms. The van der Waals surface area contributed by atoms with E-state index < -0.39 is 38.9 Å². The van der Waals surface area contributed by atoms with Gasteiger partial charge in [-0.05, 0) is 79.6 Å². The predicted octanol–water partition coefficient (Wildman–Crippen LogP) is 7.60. The molecule has 5 rings (SSSR count). The van der Waals surface area contributed by atoms with Gasteiger partial charge in [0.1, 0.15) is 11.5 Å². The average molecular weight is 555 g/mol. The van der Waals surface area contributed by atoms with E-state index in [1.807, 2.05) is 12.1 Å². The first-order chi connectivity index (χ1) is 17.5. The van der Waals surface area contributed by atoms with E-state index in [0.717, 1.165) is 30.7 Å². The molecule has 0 heterocycles. The number of fused-ring (bicyclic) bond motifs is 2. The van der Waals surface area contributed by atoms with Crippen LogP contribution in [0, 0.1) is 17.8 Å². The molecule has 0 spiro atoms. The minimum atomic E-state index is -5.90. The van der Waals surface area contributed by atoms with E-state index >= 15 is 0 Å². The highest BCUT2D eigenvalue weighted by molar-refractivity contribution is 7.99. The fourth-order valence-electron chi connectivity index (χ4n) is 4.87. The van der Waals surface area contributed by atoms with E-state index in [1.54, 1.807) is 11.8 Å². The Balaban J connectivity index is 0.000000207. The van der Waals surface area contributed by atoms with Gasteiger partial charge >= 0.3 is 21.3 Å². The van der Waals surface area contributed by atoms with Gasteiger partial charge in [0.15, 0.2) is 0 Å². The van der Waals surface area contributed by atoms with E-state index in [0.29, 0.717) is 12.8 Å². The molecule has 2 aliphatic carbocycles. The molecule has 2 saturated carbocycles. The Kier molecular flexibility index (Phi) is 8.08. The lowest BCUT2D eigenvalue weighted by Crippen LogP contribution is -2.54. The largest absolute Gasteiger partial charge is 0.508 e. The van der Waals surface area contributed by atoms with Gasteiger partial charge in [-0.25, -0.2) is 0 Å². The first kappa shape index (κ1) is 27.3. The Morgan fingerprint density at radius 2 is 1.32 bits per heavy atom. The van der Waals surface area contributed by atoms with Crippen LogP contribution < -0.4 is 4.18 Å². The molecular weight excluding hydrogens is 528 g/mol. The van der Waals surface area contributed by atoms with Crippen LogP contribution in [0.2, 0.25) is 0 Å². The molecule has 3 aromatic carbocycles. The number of benzene rings is 3. The minimum Gasteiger partial charge on any atom is -0.508 e. The van der Waals surface area contributed by atoms with Gasteiger partial charge in [0.2, 0.25) is 0 Å². The van der Waals surface area contributed by atoms with Crippen molar-refractivity contribution in [2.45, 2.75) is 46.7 Å². The molecule has 0 amide bonds. The Morgan fingerprint density at radius 3 is 1.78 bits per heavy atom. The van der Waals surface area contributed by atoms with Gasteiger partial charge < -0.3 is 9.29 Å². The van der Waals surface area contributed by atoms with Gasteiger partial charge in [0, 0.05) is 15.7 Å². The summed E-state index contributed by atoms with van der Waals surface area (Å²) in [6, 6.07) is 24.6. The summed E-state index contributed by atoms with van der Waals surface area (Å²) in [6.45, 7) is 0. The number of alkyl halides is 4. The number of aromatic hydroxyl groups is 1. The van der Waals surface area contributed by atoms with Crippen LogP contribution in [0.5, 0.6) is 11.5 Å². The highest BCUT2D eigenvalue weighted by Crippen LogP contribution is 2.58. The summed E-state index contributed by atoms with van der Waals surface area (Å²) in [7, 11) is -5.90. The van der Waals surface area contributed by atoms with Crippen LogP contribution in [0.4, 0.5) is 17.6 Å². The molecule has 3 atom stereocenters. The summed E-state index contributed by atoms with van der Waals surface area (Å²) in [5.41, 5.74) is 0. The highest BCUT2D eigenvalue weighted by atomic mass is 32.2. The third-order valence-electron chi connectivity index (χ3n) is 6.67. The van der Waals surface area contributed by atoms with Crippen molar-refractivity contribution in [2.75, 3.05) is 0 Å². The van der Waals surface area contributed by atoms with E-state index in [4.69, 9.17) is 5.11 Å². The van der Waals surface area contributed by atoms with Crippen LogP contribution in [0.3, 0.4) is 0 Å². The van der Waals surface area contributed by atoms with Crippen molar-refractivity contribution in [1.82, 2.24) is 0 Å². The van der Waals surface area contributed by atoms with E-state index in [1.165, 1.54) is 9.79 Å². The Bertz CT molecular complexity index is 1230. The molecule has 0 saturated heterocycles. The molecule has 0 radical (unpaired) electrons. The summed E-state index contributed by atoms with van der Waals surface area (Å²) in [5, 5.41) is 3.73. The maximum Gasteiger partial charge on any atom is 0.442 e. The fourth-order valence-corrected chi connectivity index (χ4v) is 6.68. The van der Waals surface area contributed by atoms with Crippen LogP contribution in [0.25, 0.3) is 0 Å². The van der Waals surface area contributed by atoms with Gasteiger partial charge in [-0.3, -0.25) is 0 Å². The molecule has 2 fully saturated rings. The second kappa shape index (κ2) is 10.9. The van der Waals surface area contributed by atoms with Crippen LogP contribution in [0.1, 0.15) is 25.7 Å². The molecule has 4 nitrogen and oxygen atoms in total. The van der Waals surface area contributed by atoms with Crippen molar-refractivity contribution >= 4 is 21.9 Å². The summed E-state index contributed by atoms with van der Waals surface area (Å²) in [6.07, 6.45) is 1.48. The Hall–Kier alpha value is -2.72. The second-order valence-electron chi connectivity index (χ2n) is 9.18. The predicted molar refractivity (Wildman–Crippen MR) is 133 cm³/mol. The van der Waals surface area contributed by atoms with Crippen molar-refractivity contribution in [3.63, 3.8) is 0 Å². The first-order valence-corrected chi connectivity index (χ1v) is 14.0. The monoisotopic (exact) mass is 554 g/mol. The van der Waals surface area contributed by atoms with Crippen molar-refractivity contribution in [1.29, 1.82) is 0 Å². The summed E-state index contributed by atoms with van der Waals surface area (Å²) >= 11 is 1.79. The Morgan fingerprint density at radius 1 is 0.784 bits per heavy atom. The summed E-state index contributed by atoms with van der Waals surface area (Å²) in [4.78, 5) is 2.57. The SMILES string of the molecule is O=S(=O)(Oc1ccc(O)cc1)C(F)(F)C(F)(F)C1CC2CCC1C2.c1ccc(Sc2ccccc2)cc1. The van der Waals surface area contributed by atoms with Crippen LogP contribution in [0.15, 0.2) is 94.7 Å². The molecule has 3 aromatic rings. The van der Waals surface area contributed by atoms with Gasteiger partial charge in [-0.2, -0.15) is 26.0 Å². The lowest BCUT2D eigenvalue weighted by Gasteiger charge is -2.34. The zero-order valence-electron chi connectivity index (χ0n) is 19.6. The van der Waals surface area contributed by atoms with Crippen molar-refractivity contribution < 1.29 is 35.3 Å². The molecule has 2 aliphatic rings. The molecule has 37 heavy (non-hydrogen) atoms.